The zero-order chi connectivity index (χ0) is 19.0. The van der Waals surface area contributed by atoms with Crippen LogP contribution in [-0.4, -0.2) is 20.1 Å². The minimum atomic E-state index is -0.746. The van der Waals surface area contributed by atoms with Crippen LogP contribution in [0.2, 0.25) is 0 Å². The van der Waals surface area contributed by atoms with Crippen LogP contribution in [0.15, 0.2) is 58.2 Å². The third-order valence-corrected chi connectivity index (χ3v) is 4.54. The number of amides is 1. The van der Waals surface area contributed by atoms with Crippen LogP contribution in [-0.2, 0) is 11.3 Å². The van der Waals surface area contributed by atoms with Crippen molar-refractivity contribution < 1.29 is 13.6 Å². The van der Waals surface area contributed by atoms with Crippen LogP contribution in [0.5, 0.6) is 0 Å². The molecule has 0 bridgehead atoms. The van der Waals surface area contributed by atoms with Gasteiger partial charge >= 0.3 is 0 Å². The molecule has 1 N–H and O–H groups in total. The van der Waals surface area contributed by atoms with Gasteiger partial charge in [-0.2, -0.15) is 5.10 Å². The molecule has 3 aromatic heterocycles. The standard InChI is InChI=1S/C19H17FN4O3/c1-2-14(18(25)21-10-12-3-5-13(20)6-4-12)24-19(26)16-9-17-15(7-8-27-17)23(16)11-22-24/h3-9,11,14H,2,10H2,1H3,(H,21,25). The highest BCUT2D eigenvalue weighted by atomic mass is 19.1. The zero-order valence-corrected chi connectivity index (χ0v) is 14.6. The predicted octanol–water partition coefficient (Wildman–Crippen LogP) is 2.65. The number of nitrogens with zero attached hydrogens (tertiary/aromatic N) is 3. The maximum absolute atomic E-state index is 13.0. The first kappa shape index (κ1) is 17.0. The van der Waals surface area contributed by atoms with Crippen molar-refractivity contribution in [1.29, 1.82) is 0 Å². The van der Waals surface area contributed by atoms with E-state index in [0.717, 1.165) is 11.1 Å². The third-order valence-electron chi connectivity index (χ3n) is 4.54. The van der Waals surface area contributed by atoms with Crippen molar-refractivity contribution in [2.45, 2.75) is 25.9 Å². The lowest BCUT2D eigenvalue weighted by molar-refractivity contribution is -0.125. The molecule has 1 aromatic carbocycles. The van der Waals surface area contributed by atoms with E-state index in [9.17, 15) is 14.0 Å². The number of aromatic nitrogens is 3. The monoisotopic (exact) mass is 368 g/mol. The summed E-state index contributed by atoms with van der Waals surface area (Å²) in [5.74, 6) is -0.658. The molecule has 3 heterocycles. The summed E-state index contributed by atoms with van der Waals surface area (Å²) in [6, 6.07) is 8.51. The van der Waals surface area contributed by atoms with Crippen molar-refractivity contribution >= 4 is 22.5 Å². The van der Waals surface area contributed by atoms with Gasteiger partial charge in [0.25, 0.3) is 5.56 Å². The number of nitrogens with one attached hydrogen (secondary N) is 1. The highest BCUT2D eigenvalue weighted by Crippen LogP contribution is 2.19. The van der Waals surface area contributed by atoms with E-state index in [2.05, 4.69) is 10.4 Å². The van der Waals surface area contributed by atoms with Gasteiger partial charge in [-0.25, -0.2) is 9.07 Å². The summed E-state index contributed by atoms with van der Waals surface area (Å²) in [7, 11) is 0. The lowest BCUT2D eigenvalue weighted by atomic mass is 10.2. The van der Waals surface area contributed by atoms with E-state index in [0.29, 0.717) is 17.5 Å². The Bertz CT molecular complexity index is 1170. The summed E-state index contributed by atoms with van der Waals surface area (Å²) in [6.07, 6.45) is 3.44. The van der Waals surface area contributed by atoms with Crippen molar-refractivity contribution in [3.05, 3.63) is 70.7 Å². The molecule has 0 aliphatic heterocycles. The van der Waals surface area contributed by atoms with Crippen LogP contribution in [0.4, 0.5) is 4.39 Å². The molecule has 8 heteroatoms. The van der Waals surface area contributed by atoms with Gasteiger partial charge in [0.05, 0.1) is 11.8 Å². The van der Waals surface area contributed by atoms with Gasteiger partial charge in [0.1, 0.15) is 23.7 Å². The van der Waals surface area contributed by atoms with Crippen molar-refractivity contribution in [3.8, 4) is 0 Å². The quantitative estimate of drug-likeness (QED) is 0.587. The van der Waals surface area contributed by atoms with Gasteiger partial charge in [-0.15, -0.1) is 0 Å². The highest BCUT2D eigenvalue weighted by Gasteiger charge is 2.22. The fourth-order valence-electron chi connectivity index (χ4n) is 3.11. The van der Waals surface area contributed by atoms with Crippen molar-refractivity contribution in [3.63, 3.8) is 0 Å². The van der Waals surface area contributed by atoms with Crippen LogP contribution >= 0.6 is 0 Å². The number of hydrogen-bond acceptors (Lipinski definition) is 4. The number of benzene rings is 1. The molecule has 1 unspecified atom stereocenters. The maximum Gasteiger partial charge on any atom is 0.291 e. The van der Waals surface area contributed by atoms with Crippen molar-refractivity contribution in [1.82, 2.24) is 19.5 Å². The van der Waals surface area contributed by atoms with Crippen molar-refractivity contribution in [2.24, 2.45) is 0 Å². The van der Waals surface area contributed by atoms with Gasteiger partial charge in [-0.3, -0.25) is 14.0 Å². The second kappa shape index (κ2) is 6.71. The van der Waals surface area contributed by atoms with Gasteiger partial charge in [-0.1, -0.05) is 19.1 Å². The Balaban J connectivity index is 1.61. The molecule has 1 amide bonds. The van der Waals surface area contributed by atoms with Crippen LogP contribution < -0.4 is 10.9 Å². The molecule has 1 atom stereocenters. The first-order valence-electron chi connectivity index (χ1n) is 8.56. The number of fused-ring (bicyclic) bond motifs is 3. The van der Waals surface area contributed by atoms with E-state index in [1.807, 2.05) is 6.92 Å². The summed E-state index contributed by atoms with van der Waals surface area (Å²) in [5, 5.41) is 6.96. The van der Waals surface area contributed by atoms with Crippen LogP contribution in [0.25, 0.3) is 16.6 Å². The minimum Gasteiger partial charge on any atom is -0.463 e. The van der Waals surface area contributed by atoms with E-state index in [4.69, 9.17) is 4.42 Å². The largest absolute Gasteiger partial charge is 0.463 e. The predicted molar refractivity (Wildman–Crippen MR) is 96.8 cm³/mol. The molecule has 7 nitrogen and oxygen atoms in total. The number of rotatable bonds is 5. The number of halogens is 1. The summed E-state index contributed by atoms with van der Waals surface area (Å²) < 4.78 is 21.1. The molecule has 0 spiro atoms. The number of furan rings is 1. The van der Waals surface area contributed by atoms with Crippen LogP contribution in [0.3, 0.4) is 0 Å². The fraction of sp³-hybridized carbons (Fsp3) is 0.211. The smallest absolute Gasteiger partial charge is 0.291 e. The number of carbonyl (C=O) groups is 1. The highest BCUT2D eigenvalue weighted by molar-refractivity contribution is 5.82. The molecule has 4 aromatic rings. The second-order valence-corrected chi connectivity index (χ2v) is 6.22. The lowest BCUT2D eigenvalue weighted by Gasteiger charge is -2.17. The topological polar surface area (TPSA) is 81.5 Å². The summed E-state index contributed by atoms with van der Waals surface area (Å²) in [5.41, 5.74) is 2.12. The second-order valence-electron chi connectivity index (χ2n) is 6.22. The molecule has 0 saturated carbocycles. The molecule has 0 aliphatic rings. The Morgan fingerprint density at radius 1 is 1.26 bits per heavy atom. The average Bonchev–Trinajstić information content (AvgIpc) is 3.25. The molecular weight excluding hydrogens is 351 g/mol. The molecular formula is C19H17FN4O3. The maximum atomic E-state index is 13.0. The Labute approximate surface area is 153 Å². The minimum absolute atomic E-state index is 0.241. The van der Waals surface area contributed by atoms with E-state index in [1.54, 1.807) is 34.9 Å². The molecule has 0 saturated heterocycles. The van der Waals surface area contributed by atoms with Crippen LogP contribution in [0.1, 0.15) is 24.9 Å². The molecule has 0 aliphatic carbocycles. The van der Waals surface area contributed by atoms with Gasteiger partial charge < -0.3 is 9.73 Å². The summed E-state index contributed by atoms with van der Waals surface area (Å²) >= 11 is 0. The Morgan fingerprint density at radius 2 is 2.04 bits per heavy atom. The SMILES string of the molecule is CCC(C(=O)NCc1ccc(F)cc1)n1ncn2c(cc3occc32)c1=O. The van der Waals surface area contributed by atoms with Crippen LogP contribution in [0, 0.1) is 5.82 Å². The molecule has 27 heavy (non-hydrogen) atoms. The first-order chi connectivity index (χ1) is 13.1. The number of hydrogen-bond donors (Lipinski definition) is 1. The van der Waals surface area contributed by atoms with Gasteiger partial charge in [0, 0.05) is 18.7 Å². The van der Waals surface area contributed by atoms with Crippen molar-refractivity contribution in [2.75, 3.05) is 0 Å². The fourth-order valence-corrected chi connectivity index (χ4v) is 3.11. The average molecular weight is 368 g/mol. The summed E-state index contributed by atoms with van der Waals surface area (Å²) in [4.78, 5) is 25.4. The zero-order valence-electron chi connectivity index (χ0n) is 14.6. The molecule has 4 rings (SSSR count). The van der Waals surface area contributed by atoms with Gasteiger partial charge in [0.15, 0.2) is 5.58 Å². The normalized spacial score (nSPS) is 12.5. The van der Waals surface area contributed by atoms with E-state index in [1.165, 1.54) is 23.1 Å². The Morgan fingerprint density at radius 3 is 2.78 bits per heavy atom. The molecule has 138 valence electrons. The van der Waals surface area contributed by atoms with Gasteiger partial charge in [0.2, 0.25) is 5.91 Å². The first-order valence-corrected chi connectivity index (χ1v) is 8.56. The van der Waals surface area contributed by atoms with E-state index in [-0.39, 0.29) is 23.8 Å². The molecule has 0 fully saturated rings. The van der Waals surface area contributed by atoms with E-state index >= 15 is 0 Å². The Kier molecular flexibility index (Phi) is 4.23. The number of carbonyl (C=O) groups excluding carboxylic acids is 1. The summed E-state index contributed by atoms with van der Waals surface area (Å²) in [6.45, 7) is 2.05. The van der Waals surface area contributed by atoms with Gasteiger partial charge in [-0.05, 0) is 24.1 Å². The van der Waals surface area contributed by atoms with E-state index < -0.39 is 6.04 Å². The lowest BCUT2D eigenvalue weighted by Crippen LogP contribution is -2.38. The molecule has 0 radical (unpaired) electrons. The Hall–Kier alpha value is -3.42. The third kappa shape index (κ3) is 2.99.